The van der Waals surface area contributed by atoms with Crippen LogP contribution in [-0.4, -0.2) is 42.4 Å². The summed E-state index contributed by atoms with van der Waals surface area (Å²) in [6, 6.07) is 5.19. The summed E-state index contributed by atoms with van der Waals surface area (Å²) in [4.78, 5) is 28.7. The lowest BCUT2D eigenvalue weighted by molar-refractivity contribution is -0.136. The molecule has 3 unspecified atom stereocenters. The first-order valence-corrected chi connectivity index (χ1v) is 8.91. The number of benzene rings is 1. The second-order valence-corrected chi connectivity index (χ2v) is 7.58. The highest BCUT2D eigenvalue weighted by atomic mass is 35.5. The molecule has 0 radical (unpaired) electrons. The predicted octanol–water partition coefficient (Wildman–Crippen LogP) is 2.54. The first-order valence-electron chi connectivity index (χ1n) is 8.16. The minimum atomic E-state index is -0.325. The second kappa shape index (κ2) is 6.90. The molecule has 0 aromatic heterocycles. The summed E-state index contributed by atoms with van der Waals surface area (Å²) < 4.78 is 0. The van der Waals surface area contributed by atoms with Gasteiger partial charge < -0.3 is 15.5 Å². The van der Waals surface area contributed by atoms with Crippen molar-refractivity contribution in [3.05, 3.63) is 28.2 Å². The Balaban J connectivity index is 1.73. The minimum absolute atomic E-state index is 0.0439. The fraction of sp³-hybridized carbons (Fsp3) is 0.529. The van der Waals surface area contributed by atoms with E-state index in [1.807, 2.05) is 11.8 Å². The molecule has 24 heavy (non-hydrogen) atoms. The summed E-state index contributed by atoms with van der Waals surface area (Å²) in [5, 5.41) is 0.943. The van der Waals surface area contributed by atoms with Gasteiger partial charge >= 0.3 is 0 Å². The maximum atomic E-state index is 12.8. The summed E-state index contributed by atoms with van der Waals surface area (Å²) in [5.74, 6) is -0.00513. The van der Waals surface area contributed by atoms with Gasteiger partial charge in [0.15, 0.2) is 0 Å². The van der Waals surface area contributed by atoms with Gasteiger partial charge in [-0.25, -0.2) is 0 Å². The smallest absolute Gasteiger partial charge is 0.228 e. The Morgan fingerprint density at radius 2 is 1.92 bits per heavy atom. The molecule has 2 saturated heterocycles. The van der Waals surface area contributed by atoms with E-state index in [1.165, 1.54) is 0 Å². The summed E-state index contributed by atoms with van der Waals surface area (Å²) in [6.07, 6.45) is 1.15. The van der Waals surface area contributed by atoms with E-state index in [0.717, 1.165) is 6.42 Å². The van der Waals surface area contributed by atoms with Gasteiger partial charge in [-0.1, -0.05) is 23.2 Å². The lowest BCUT2D eigenvalue weighted by Gasteiger charge is -2.25. The van der Waals surface area contributed by atoms with Gasteiger partial charge in [-0.05, 0) is 44.0 Å². The molecule has 1 aromatic rings. The second-order valence-electron chi connectivity index (χ2n) is 6.71. The van der Waals surface area contributed by atoms with Gasteiger partial charge in [0.05, 0.1) is 5.92 Å². The van der Waals surface area contributed by atoms with Crippen molar-refractivity contribution in [1.82, 2.24) is 4.90 Å². The fourth-order valence-corrected chi connectivity index (χ4v) is 4.19. The third-order valence-corrected chi connectivity index (χ3v) is 5.35. The number of hydrogen-bond acceptors (Lipinski definition) is 3. The Morgan fingerprint density at radius 3 is 2.50 bits per heavy atom. The lowest BCUT2D eigenvalue weighted by Crippen LogP contribution is -2.40. The Labute approximate surface area is 151 Å². The molecule has 130 valence electrons. The fourth-order valence-electron chi connectivity index (χ4n) is 3.67. The molecular weight excluding hydrogens is 349 g/mol. The molecule has 2 N–H and O–H groups in total. The number of rotatable bonds is 3. The largest absolute Gasteiger partial charge is 0.339 e. The van der Waals surface area contributed by atoms with Crippen molar-refractivity contribution in [3.63, 3.8) is 0 Å². The first kappa shape index (κ1) is 17.5. The van der Waals surface area contributed by atoms with Gasteiger partial charge in [0.1, 0.15) is 0 Å². The van der Waals surface area contributed by atoms with Gasteiger partial charge in [0.2, 0.25) is 11.8 Å². The van der Waals surface area contributed by atoms with Crippen LogP contribution in [0.4, 0.5) is 5.69 Å². The number of carbonyl (C=O) groups is 2. The van der Waals surface area contributed by atoms with E-state index >= 15 is 0 Å². The number of nitrogens with zero attached hydrogens (tertiary/aromatic N) is 2. The number of amides is 2. The quantitative estimate of drug-likeness (QED) is 0.889. The highest BCUT2D eigenvalue weighted by molar-refractivity contribution is 6.35. The van der Waals surface area contributed by atoms with E-state index in [-0.39, 0.29) is 30.2 Å². The van der Waals surface area contributed by atoms with Crippen molar-refractivity contribution in [2.45, 2.75) is 25.8 Å². The Hall–Kier alpha value is -1.30. The van der Waals surface area contributed by atoms with Gasteiger partial charge in [-0.15, -0.1) is 0 Å². The van der Waals surface area contributed by atoms with E-state index in [4.69, 9.17) is 28.9 Å². The standard InChI is InChI=1S/C17H21Cl2N3O2/c1-10-2-11(7-20)8-21(10)17(24)12-3-16(23)22(9-12)15-5-13(18)4-14(19)6-15/h4-6,10-12H,2-3,7-9,20H2,1H3. The molecule has 2 amide bonds. The molecule has 3 atom stereocenters. The number of likely N-dealkylation sites (tertiary alicyclic amines) is 1. The maximum Gasteiger partial charge on any atom is 0.228 e. The molecule has 3 rings (SSSR count). The van der Waals surface area contributed by atoms with Crippen LogP contribution in [0.15, 0.2) is 18.2 Å². The number of hydrogen-bond donors (Lipinski definition) is 1. The first-order chi connectivity index (χ1) is 11.4. The molecule has 1 aromatic carbocycles. The van der Waals surface area contributed by atoms with Crippen molar-refractivity contribution < 1.29 is 9.59 Å². The van der Waals surface area contributed by atoms with E-state index in [9.17, 15) is 9.59 Å². The van der Waals surface area contributed by atoms with E-state index in [1.54, 1.807) is 23.1 Å². The van der Waals surface area contributed by atoms with Crippen LogP contribution < -0.4 is 10.6 Å². The van der Waals surface area contributed by atoms with Crippen molar-refractivity contribution >= 4 is 40.7 Å². The average molecular weight is 370 g/mol. The highest BCUT2D eigenvalue weighted by Gasteiger charge is 2.41. The Bertz CT molecular complexity index is 647. The Morgan fingerprint density at radius 1 is 1.25 bits per heavy atom. The zero-order valence-corrected chi connectivity index (χ0v) is 15.1. The number of carbonyl (C=O) groups excluding carboxylic acids is 2. The highest BCUT2D eigenvalue weighted by Crippen LogP contribution is 2.32. The molecule has 2 fully saturated rings. The predicted molar refractivity (Wildman–Crippen MR) is 95.3 cm³/mol. The summed E-state index contributed by atoms with van der Waals surface area (Å²) >= 11 is 12.0. The van der Waals surface area contributed by atoms with Crippen LogP contribution in [-0.2, 0) is 9.59 Å². The molecule has 2 aliphatic heterocycles. The molecule has 2 aliphatic rings. The van der Waals surface area contributed by atoms with Crippen LogP contribution >= 0.6 is 23.2 Å². The van der Waals surface area contributed by atoms with Gasteiger partial charge in [-0.2, -0.15) is 0 Å². The summed E-state index contributed by atoms with van der Waals surface area (Å²) in [7, 11) is 0. The molecule has 0 aliphatic carbocycles. The van der Waals surface area contributed by atoms with Gasteiger partial charge in [-0.3, -0.25) is 9.59 Å². The normalized spacial score (nSPS) is 27.2. The summed E-state index contributed by atoms with van der Waals surface area (Å²) in [5.41, 5.74) is 6.38. The van der Waals surface area contributed by atoms with Crippen molar-refractivity contribution in [2.75, 3.05) is 24.5 Å². The van der Waals surface area contributed by atoms with Gasteiger partial charge in [0.25, 0.3) is 0 Å². The molecular formula is C17H21Cl2N3O2. The van der Waals surface area contributed by atoms with E-state index < -0.39 is 0 Å². The maximum absolute atomic E-state index is 12.8. The minimum Gasteiger partial charge on any atom is -0.339 e. The Kier molecular flexibility index (Phi) is 5.04. The van der Waals surface area contributed by atoms with Crippen LogP contribution in [0.25, 0.3) is 0 Å². The molecule has 0 saturated carbocycles. The monoisotopic (exact) mass is 369 g/mol. The lowest BCUT2D eigenvalue weighted by atomic mass is 10.1. The summed E-state index contributed by atoms with van der Waals surface area (Å²) in [6.45, 7) is 3.68. The average Bonchev–Trinajstić information content (AvgIpc) is 3.08. The molecule has 2 heterocycles. The number of anilines is 1. The van der Waals surface area contributed by atoms with Crippen LogP contribution in [0.5, 0.6) is 0 Å². The number of halogens is 2. The van der Waals surface area contributed by atoms with Crippen molar-refractivity contribution in [1.29, 1.82) is 0 Å². The zero-order valence-electron chi connectivity index (χ0n) is 13.5. The topological polar surface area (TPSA) is 66.6 Å². The van der Waals surface area contributed by atoms with Crippen LogP contribution in [0, 0.1) is 11.8 Å². The van der Waals surface area contributed by atoms with Crippen LogP contribution in [0.3, 0.4) is 0 Å². The molecule has 0 bridgehead atoms. The van der Waals surface area contributed by atoms with Gasteiger partial charge in [0, 0.05) is 41.3 Å². The van der Waals surface area contributed by atoms with Crippen molar-refractivity contribution in [2.24, 2.45) is 17.6 Å². The third kappa shape index (κ3) is 3.39. The molecule has 7 heteroatoms. The SMILES string of the molecule is CC1CC(CN)CN1C(=O)C1CC(=O)N(c2cc(Cl)cc(Cl)c2)C1. The van der Waals surface area contributed by atoms with Crippen molar-refractivity contribution in [3.8, 4) is 0 Å². The van der Waals surface area contributed by atoms with Crippen LogP contribution in [0.2, 0.25) is 10.0 Å². The third-order valence-electron chi connectivity index (χ3n) is 4.91. The number of nitrogens with two attached hydrogens (primary N) is 1. The molecule has 0 spiro atoms. The van der Waals surface area contributed by atoms with E-state index in [2.05, 4.69) is 0 Å². The zero-order chi connectivity index (χ0) is 17.4. The van der Waals surface area contributed by atoms with Crippen LogP contribution in [0.1, 0.15) is 19.8 Å². The molecule has 5 nitrogen and oxygen atoms in total. The van der Waals surface area contributed by atoms with E-state index in [0.29, 0.717) is 41.3 Å².